The largest absolute Gasteiger partial charge is 0.416 e. The molecule has 0 radical (unpaired) electrons. The van der Waals surface area contributed by atoms with E-state index < -0.39 is 11.7 Å². The molecule has 9 heteroatoms. The molecule has 4 rings (SSSR count). The molecule has 0 aromatic heterocycles. The second kappa shape index (κ2) is 10.2. The van der Waals surface area contributed by atoms with Crippen LogP contribution in [0.4, 0.5) is 18.9 Å². The van der Waals surface area contributed by atoms with E-state index in [1.165, 1.54) is 28.8 Å². The number of amides is 2. The van der Waals surface area contributed by atoms with Crippen molar-refractivity contribution in [2.75, 3.05) is 31.1 Å². The van der Waals surface area contributed by atoms with Crippen molar-refractivity contribution in [1.29, 1.82) is 0 Å². The van der Waals surface area contributed by atoms with Gasteiger partial charge in [-0.1, -0.05) is 43.0 Å². The van der Waals surface area contributed by atoms with E-state index in [0.29, 0.717) is 28.7 Å². The van der Waals surface area contributed by atoms with Gasteiger partial charge in [0.25, 0.3) is 5.91 Å². The summed E-state index contributed by atoms with van der Waals surface area (Å²) in [5.74, 6) is -0.596. The first kappa shape index (κ1) is 24.3. The minimum absolute atomic E-state index is 0.125. The predicted octanol–water partition coefficient (Wildman–Crippen LogP) is 4.79. The van der Waals surface area contributed by atoms with Crippen molar-refractivity contribution in [1.82, 2.24) is 10.2 Å². The number of nitrogens with zero attached hydrogens (tertiary/aromatic N) is 2. The van der Waals surface area contributed by atoms with Gasteiger partial charge in [0.05, 0.1) is 16.2 Å². The zero-order valence-corrected chi connectivity index (χ0v) is 19.6. The number of rotatable bonds is 6. The maximum atomic E-state index is 13.3. The number of alkyl halides is 3. The third-order valence-electron chi connectivity index (χ3n) is 6.11. The molecule has 2 amide bonds. The van der Waals surface area contributed by atoms with Gasteiger partial charge < -0.3 is 5.32 Å². The van der Waals surface area contributed by atoms with Gasteiger partial charge in [-0.3, -0.25) is 19.4 Å². The predicted molar refractivity (Wildman–Crippen MR) is 127 cm³/mol. The fourth-order valence-electron chi connectivity index (χ4n) is 4.31. The Hall–Kier alpha value is -2.78. The Labute approximate surface area is 201 Å². The number of likely N-dealkylation sites (tertiary alicyclic amines) is 1. The number of fused-ring (bicyclic) bond motifs is 1. The van der Waals surface area contributed by atoms with E-state index >= 15 is 0 Å². The quantitative estimate of drug-likeness (QED) is 0.593. The molecule has 0 unspecified atom stereocenters. The van der Waals surface area contributed by atoms with Gasteiger partial charge in [-0.2, -0.15) is 13.2 Å². The van der Waals surface area contributed by atoms with E-state index in [9.17, 15) is 22.8 Å². The SMILES string of the molecule is CCN1CCC[C@@H]1CNC(=O)CN1C(=O)/C(=C\c2ccc(C(F)(F)F)cc2)Sc2ccccc21. The highest BCUT2D eigenvalue weighted by Crippen LogP contribution is 2.42. The fourth-order valence-corrected chi connectivity index (χ4v) is 5.37. The number of carbonyl (C=O) groups is 2. The zero-order chi connectivity index (χ0) is 24.3. The summed E-state index contributed by atoms with van der Waals surface area (Å²) >= 11 is 1.25. The average Bonchev–Trinajstić information content (AvgIpc) is 3.28. The molecule has 2 aliphatic rings. The molecule has 180 valence electrons. The highest BCUT2D eigenvalue weighted by Gasteiger charge is 2.32. The number of likely N-dealkylation sites (N-methyl/N-ethyl adjacent to an activating group) is 1. The molecule has 2 aliphatic heterocycles. The van der Waals surface area contributed by atoms with E-state index in [1.807, 2.05) is 12.1 Å². The lowest BCUT2D eigenvalue weighted by Gasteiger charge is -2.30. The minimum atomic E-state index is -4.42. The van der Waals surface area contributed by atoms with Crippen LogP contribution in [-0.4, -0.2) is 48.9 Å². The number of thioether (sulfide) groups is 1. The van der Waals surface area contributed by atoms with Crippen molar-refractivity contribution in [3.05, 3.63) is 64.6 Å². The van der Waals surface area contributed by atoms with Gasteiger partial charge in [0.15, 0.2) is 0 Å². The van der Waals surface area contributed by atoms with E-state index in [1.54, 1.807) is 18.2 Å². The molecule has 1 saturated heterocycles. The molecular formula is C25H26F3N3O2S. The molecular weight excluding hydrogens is 463 g/mol. The summed E-state index contributed by atoms with van der Waals surface area (Å²) in [6.07, 6.45) is -0.708. The van der Waals surface area contributed by atoms with Crippen LogP contribution in [0.3, 0.4) is 0 Å². The summed E-state index contributed by atoms with van der Waals surface area (Å²) in [6, 6.07) is 12.3. The number of benzene rings is 2. The van der Waals surface area contributed by atoms with E-state index in [4.69, 9.17) is 0 Å². The number of hydrogen-bond acceptors (Lipinski definition) is 4. The molecule has 0 spiro atoms. The summed E-state index contributed by atoms with van der Waals surface area (Å²) in [6.45, 7) is 4.49. The monoisotopic (exact) mass is 489 g/mol. The number of carbonyl (C=O) groups excluding carboxylic acids is 2. The molecule has 0 saturated carbocycles. The summed E-state index contributed by atoms with van der Waals surface area (Å²) in [5.41, 5.74) is 0.381. The molecule has 2 aromatic carbocycles. The Kier molecular flexibility index (Phi) is 7.33. The molecule has 5 nitrogen and oxygen atoms in total. The molecule has 34 heavy (non-hydrogen) atoms. The van der Waals surface area contributed by atoms with Crippen molar-refractivity contribution >= 4 is 35.3 Å². The summed E-state index contributed by atoms with van der Waals surface area (Å²) in [7, 11) is 0. The third kappa shape index (κ3) is 5.47. The summed E-state index contributed by atoms with van der Waals surface area (Å²) < 4.78 is 38.6. The molecule has 2 heterocycles. The number of para-hydroxylation sites is 1. The van der Waals surface area contributed by atoms with E-state index in [2.05, 4.69) is 17.1 Å². The van der Waals surface area contributed by atoms with Gasteiger partial charge in [-0.25, -0.2) is 0 Å². The number of anilines is 1. The first-order valence-electron chi connectivity index (χ1n) is 11.2. The molecule has 0 bridgehead atoms. The van der Waals surface area contributed by atoms with Crippen LogP contribution in [-0.2, 0) is 15.8 Å². The molecule has 2 aromatic rings. The summed E-state index contributed by atoms with van der Waals surface area (Å²) in [4.78, 5) is 31.0. The number of halogens is 3. The first-order valence-corrected chi connectivity index (χ1v) is 12.1. The van der Waals surface area contributed by atoms with Crippen molar-refractivity contribution in [2.45, 2.75) is 36.9 Å². The van der Waals surface area contributed by atoms with Crippen LogP contribution < -0.4 is 10.2 Å². The Morgan fingerprint density at radius 2 is 1.91 bits per heavy atom. The molecule has 1 fully saturated rings. The lowest BCUT2D eigenvalue weighted by Crippen LogP contribution is -2.46. The lowest BCUT2D eigenvalue weighted by atomic mass is 10.1. The average molecular weight is 490 g/mol. The minimum Gasteiger partial charge on any atom is -0.353 e. The Morgan fingerprint density at radius 1 is 1.18 bits per heavy atom. The van der Waals surface area contributed by atoms with Crippen LogP contribution in [0.15, 0.2) is 58.3 Å². The van der Waals surface area contributed by atoms with Gasteiger partial charge in [-0.15, -0.1) is 0 Å². The van der Waals surface area contributed by atoms with Crippen LogP contribution in [0.2, 0.25) is 0 Å². The highest BCUT2D eigenvalue weighted by molar-refractivity contribution is 8.04. The topological polar surface area (TPSA) is 52.7 Å². The van der Waals surface area contributed by atoms with Crippen LogP contribution in [0.1, 0.15) is 30.9 Å². The van der Waals surface area contributed by atoms with Crippen molar-refractivity contribution in [3.8, 4) is 0 Å². The third-order valence-corrected chi connectivity index (χ3v) is 7.19. The van der Waals surface area contributed by atoms with Crippen molar-refractivity contribution < 1.29 is 22.8 Å². The van der Waals surface area contributed by atoms with Gasteiger partial charge in [0, 0.05) is 17.5 Å². The van der Waals surface area contributed by atoms with Gasteiger partial charge >= 0.3 is 6.18 Å². The normalized spacial score (nSPS) is 20.0. The number of hydrogen-bond donors (Lipinski definition) is 1. The van der Waals surface area contributed by atoms with Gasteiger partial charge in [0.1, 0.15) is 6.54 Å². The van der Waals surface area contributed by atoms with Gasteiger partial charge in [-0.05, 0) is 61.8 Å². The van der Waals surface area contributed by atoms with Gasteiger partial charge in [0.2, 0.25) is 5.91 Å². The summed E-state index contributed by atoms with van der Waals surface area (Å²) in [5, 5.41) is 2.97. The van der Waals surface area contributed by atoms with Crippen LogP contribution in [0, 0.1) is 0 Å². The van der Waals surface area contributed by atoms with Crippen LogP contribution in [0.5, 0.6) is 0 Å². The highest BCUT2D eigenvalue weighted by atomic mass is 32.2. The Morgan fingerprint density at radius 3 is 2.62 bits per heavy atom. The zero-order valence-electron chi connectivity index (χ0n) is 18.8. The lowest BCUT2D eigenvalue weighted by molar-refractivity contribution is -0.137. The molecule has 1 atom stereocenters. The maximum absolute atomic E-state index is 13.3. The molecule has 1 N–H and O–H groups in total. The Balaban J connectivity index is 1.51. The second-order valence-electron chi connectivity index (χ2n) is 8.32. The number of nitrogens with one attached hydrogen (secondary N) is 1. The van der Waals surface area contributed by atoms with Crippen LogP contribution in [0.25, 0.3) is 6.08 Å². The second-order valence-corrected chi connectivity index (χ2v) is 9.40. The fraction of sp³-hybridized carbons (Fsp3) is 0.360. The molecule has 0 aliphatic carbocycles. The maximum Gasteiger partial charge on any atom is 0.416 e. The standard InChI is InChI=1S/C25H26F3N3O2S/c1-2-30-13-5-6-19(30)15-29-23(32)16-31-20-7-3-4-8-21(20)34-22(24(31)33)14-17-9-11-18(12-10-17)25(26,27)28/h3-4,7-12,14,19H,2,5-6,13,15-16H2,1H3,(H,29,32)/b22-14+/t19-/m1/s1. The first-order chi connectivity index (χ1) is 16.3. The Bertz CT molecular complexity index is 1090. The van der Waals surface area contributed by atoms with E-state index in [0.717, 1.165) is 43.0 Å². The van der Waals surface area contributed by atoms with Crippen LogP contribution >= 0.6 is 11.8 Å². The van der Waals surface area contributed by atoms with Crippen molar-refractivity contribution in [3.63, 3.8) is 0 Å². The smallest absolute Gasteiger partial charge is 0.353 e. The van der Waals surface area contributed by atoms with Crippen molar-refractivity contribution in [2.24, 2.45) is 0 Å². The van der Waals surface area contributed by atoms with E-state index in [-0.39, 0.29) is 18.4 Å².